The lowest BCUT2D eigenvalue weighted by Gasteiger charge is -2.30. The van der Waals surface area contributed by atoms with Crippen LogP contribution in [-0.2, 0) is 28.6 Å². The molecule has 0 aliphatic heterocycles. The van der Waals surface area contributed by atoms with E-state index in [0.717, 1.165) is 64.2 Å². The van der Waals surface area contributed by atoms with Gasteiger partial charge in [0.2, 0.25) is 0 Å². The van der Waals surface area contributed by atoms with Crippen LogP contribution in [0.3, 0.4) is 0 Å². The van der Waals surface area contributed by atoms with Crippen LogP contribution >= 0.6 is 0 Å². The Morgan fingerprint density at radius 2 is 1.47 bits per heavy atom. The number of likely N-dealkylation sites (N-methyl/N-ethyl adjacent to an activating group) is 1. The monoisotopic (exact) mass is 542 g/mol. The van der Waals surface area contributed by atoms with Gasteiger partial charge in [0.1, 0.15) is 19.3 Å². The zero-order chi connectivity index (χ0) is 28.7. The molecule has 0 heterocycles. The van der Waals surface area contributed by atoms with Crippen LogP contribution in [0.15, 0.2) is 12.2 Å². The lowest BCUT2D eigenvalue weighted by molar-refractivity contribution is -0.883. The van der Waals surface area contributed by atoms with E-state index >= 15 is 0 Å². The molecule has 0 radical (unpaired) electrons. The van der Waals surface area contributed by atoms with Gasteiger partial charge in [-0.25, -0.2) is 4.79 Å². The highest BCUT2D eigenvalue weighted by Crippen LogP contribution is 2.16. The Hall–Kier alpha value is -1.93. The summed E-state index contributed by atoms with van der Waals surface area (Å²) in [7, 11) is 3.81. The van der Waals surface area contributed by atoms with E-state index < -0.39 is 12.2 Å². The predicted octanol–water partition coefficient (Wildman–Crippen LogP) is 5.50. The van der Waals surface area contributed by atoms with Gasteiger partial charge >= 0.3 is 17.9 Å². The standard InChI is InChI=1S/C30H56NO7/c1-6-9-16-21-27(38-30(35)25-31(4,5)23-24-37-28(33)19-7-2)26(32)20-17-14-12-10-11-13-15-18-22-29(34)36-8-3/h14,17,26-27,32H,6-13,15-16,18-25H2,1-5H3/q+1/b17-14-. The Balaban J connectivity index is 4.41. The molecule has 2 unspecified atom stereocenters. The first kappa shape index (κ1) is 36.1. The molecule has 0 aliphatic rings. The first-order valence-corrected chi connectivity index (χ1v) is 14.8. The number of aliphatic hydroxyl groups is 1. The van der Waals surface area contributed by atoms with Crippen LogP contribution < -0.4 is 0 Å². The smallest absolute Gasteiger partial charge is 0.362 e. The first-order chi connectivity index (χ1) is 18.1. The highest BCUT2D eigenvalue weighted by Gasteiger charge is 2.27. The number of esters is 3. The van der Waals surface area contributed by atoms with E-state index in [9.17, 15) is 19.5 Å². The lowest BCUT2D eigenvalue weighted by Crippen LogP contribution is -2.48. The number of ether oxygens (including phenoxy) is 3. The minimum absolute atomic E-state index is 0.111. The molecule has 0 aromatic rings. The predicted molar refractivity (Wildman–Crippen MR) is 150 cm³/mol. The van der Waals surface area contributed by atoms with Crippen molar-refractivity contribution in [2.45, 2.75) is 123 Å². The summed E-state index contributed by atoms with van der Waals surface area (Å²) in [6.45, 7) is 7.24. The molecule has 0 amide bonds. The molecular formula is C30H56NO7+. The summed E-state index contributed by atoms with van der Waals surface area (Å²) < 4.78 is 16.3. The largest absolute Gasteiger partial charge is 0.466 e. The molecule has 0 aliphatic carbocycles. The summed E-state index contributed by atoms with van der Waals surface area (Å²) in [5, 5.41) is 10.8. The van der Waals surface area contributed by atoms with Crippen LogP contribution in [0.25, 0.3) is 0 Å². The highest BCUT2D eigenvalue weighted by molar-refractivity contribution is 5.71. The third kappa shape index (κ3) is 21.1. The topological polar surface area (TPSA) is 99.1 Å². The van der Waals surface area contributed by atoms with Crippen LogP contribution in [0, 0.1) is 0 Å². The van der Waals surface area contributed by atoms with Gasteiger partial charge in [0.25, 0.3) is 0 Å². The molecule has 8 heteroatoms. The van der Waals surface area contributed by atoms with Gasteiger partial charge in [0.05, 0.1) is 26.8 Å². The van der Waals surface area contributed by atoms with E-state index in [1.807, 2.05) is 34.0 Å². The number of aliphatic hydroxyl groups excluding tert-OH is 1. The number of unbranched alkanes of at least 4 members (excludes halogenated alkanes) is 7. The summed E-state index contributed by atoms with van der Waals surface area (Å²) in [4.78, 5) is 35.6. The zero-order valence-corrected chi connectivity index (χ0v) is 24.9. The summed E-state index contributed by atoms with van der Waals surface area (Å²) in [6, 6.07) is 0. The Kier molecular flexibility index (Phi) is 21.8. The number of hydrogen-bond acceptors (Lipinski definition) is 7. The molecule has 38 heavy (non-hydrogen) atoms. The molecule has 0 aromatic carbocycles. The van der Waals surface area contributed by atoms with E-state index in [0.29, 0.717) is 43.3 Å². The van der Waals surface area contributed by atoms with Gasteiger partial charge in [-0.1, -0.05) is 58.1 Å². The maximum atomic E-state index is 12.7. The molecule has 222 valence electrons. The van der Waals surface area contributed by atoms with Crippen LogP contribution in [0.1, 0.15) is 111 Å². The van der Waals surface area contributed by atoms with Gasteiger partial charge in [-0.15, -0.1) is 0 Å². The van der Waals surface area contributed by atoms with Gasteiger partial charge in [0, 0.05) is 12.8 Å². The lowest BCUT2D eigenvalue weighted by atomic mass is 10.0. The van der Waals surface area contributed by atoms with E-state index in [1.165, 1.54) is 0 Å². The van der Waals surface area contributed by atoms with Crippen LogP contribution in [-0.4, -0.2) is 80.1 Å². The third-order valence-electron chi connectivity index (χ3n) is 6.38. The maximum Gasteiger partial charge on any atom is 0.362 e. The van der Waals surface area contributed by atoms with Crippen molar-refractivity contribution in [3.63, 3.8) is 0 Å². The molecule has 1 N–H and O–H groups in total. The van der Waals surface area contributed by atoms with Crippen molar-refractivity contribution < 1.29 is 38.2 Å². The number of allylic oxidation sites excluding steroid dienone is 1. The fourth-order valence-corrected chi connectivity index (χ4v) is 4.04. The average Bonchev–Trinajstić information content (AvgIpc) is 2.84. The number of carbonyl (C=O) groups is 3. The van der Waals surface area contributed by atoms with Crippen LogP contribution in [0.5, 0.6) is 0 Å². The summed E-state index contributed by atoms with van der Waals surface area (Å²) in [5.41, 5.74) is 0. The molecule has 0 rings (SSSR count). The third-order valence-corrected chi connectivity index (χ3v) is 6.38. The van der Waals surface area contributed by atoms with Crippen molar-refractivity contribution in [2.75, 3.05) is 40.4 Å². The van der Waals surface area contributed by atoms with Gasteiger partial charge < -0.3 is 23.8 Å². The van der Waals surface area contributed by atoms with Crippen molar-refractivity contribution in [3.8, 4) is 0 Å². The number of quaternary nitrogens is 1. The minimum Gasteiger partial charge on any atom is -0.466 e. The van der Waals surface area contributed by atoms with Crippen molar-refractivity contribution in [1.29, 1.82) is 0 Å². The van der Waals surface area contributed by atoms with E-state index in [1.54, 1.807) is 0 Å². The Morgan fingerprint density at radius 3 is 2.16 bits per heavy atom. The highest BCUT2D eigenvalue weighted by atomic mass is 16.6. The van der Waals surface area contributed by atoms with Crippen LogP contribution in [0.4, 0.5) is 0 Å². The molecule has 2 atom stereocenters. The van der Waals surface area contributed by atoms with E-state index in [4.69, 9.17) is 14.2 Å². The maximum absolute atomic E-state index is 12.7. The number of rotatable bonds is 24. The molecule has 8 nitrogen and oxygen atoms in total. The zero-order valence-electron chi connectivity index (χ0n) is 24.9. The van der Waals surface area contributed by atoms with E-state index in [-0.39, 0.29) is 31.1 Å². The van der Waals surface area contributed by atoms with Gasteiger partial charge in [-0.05, 0) is 51.9 Å². The molecular weight excluding hydrogens is 486 g/mol. The average molecular weight is 543 g/mol. The van der Waals surface area contributed by atoms with Gasteiger partial charge in [-0.3, -0.25) is 9.59 Å². The Labute approximate surface area is 231 Å². The van der Waals surface area contributed by atoms with Gasteiger partial charge in [-0.2, -0.15) is 0 Å². The minimum atomic E-state index is -0.736. The molecule has 0 saturated carbocycles. The molecule has 0 fully saturated rings. The fourth-order valence-electron chi connectivity index (χ4n) is 4.04. The Morgan fingerprint density at radius 1 is 0.789 bits per heavy atom. The quantitative estimate of drug-likeness (QED) is 0.0565. The summed E-state index contributed by atoms with van der Waals surface area (Å²) in [5.74, 6) is -0.670. The van der Waals surface area contributed by atoms with Crippen molar-refractivity contribution in [2.24, 2.45) is 0 Å². The first-order valence-electron chi connectivity index (χ1n) is 14.8. The number of hydrogen-bond donors (Lipinski definition) is 1. The summed E-state index contributed by atoms with van der Waals surface area (Å²) >= 11 is 0. The molecule has 0 aromatic heterocycles. The number of nitrogens with zero attached hydrogens (tertiary/aromatic N) is 1. The van der Waals surface area contributed by atoms with Crippen molar-refractivity contribution >= 4 is 17.9 Å². The second kappa shape index (κ2) is 23.0. The fraction of sp³-hybridized carbons (Fsp3) is 0.833. The van der Waals surface area contributed by atoms with Crippen molar-refractivity contribution in [1.82, 2.24) is 0 Å². The molecule has 0 spiro atoms. The summed E-state index contributed by atoms with van der Waals surface area (Å²) in [6.07, 6.45) is 14.7. The normalized spacial score (nSPS) is 13.3. The number of carbonyl (C=O) groups excluding carboxylic acids is 3. The Bertz CT molecular complexity index is 663. The SMILES string of the molecule is CCCCCC(OC(=O)C[N+](C)(C)CCOC(=O)CCC)C(O)C/C=C\CCCCCCCC(=O)OCC. The second-order valence-corrected chi connectivity index (χ2v) is 10.7. The van der Waals surface area contributed by atoms with Crippen LogP contribution in [0.2, 0.25) is 0 Å². The van der Waals surface area contributed by atoms with E-state index in [2.05, 4.69) is 13.0 Å². The van der Waals surface area contributed by atoms with Gasteiger partial charge in [0.15, 0.2) is 6.54 Å². The van der Waals surface area contributed by atoms with Crippen molar-refractivity contribution in [3.05, 3.63) is 12.2 Å². The molecule has 0 bridgehead atoms. The molecule has 0 saturated heterocycles. The second-order valence-electron chi connectivity index (χ2n) is 10.7.